The molecule has 2 aliphatic heterocycles. The quantitative estimate of drug-likeness (QED) is 0.718. The Hall–Kier alpha value is -1.84. The maximum absolute atomic E-state index is 12.7. The number of hydrogen-bond donors (Lipinski definition) is 2. The predicted octanol–water partition coefficient (Wildman–Crippen LogP) is 2.29. The first-order valence-electron chi connectivity index (χ1n) is 10.5. The molecule has 4 heterocycles. The molecular formula is C20H25ClN6O2S. The zero-order valence-corrected chi connectivity index (χ0v) is 18.3. The van der Waals surface area contributed by atoms with Crippen molar-refractivity contribution in [3.63, 3.8) is 0 Å². The van der Waals surface area contributed by atoms with E-state index >= 15 is 0 Å². The van der Waals surface area contributed by atoms with Crippen molar-refractivity contribution < 1.29 is 9.32 Å². The van der Waals surface area contributed by atoms with Gasteiger partial charge in [-0.1, -0.05) is 11.6 Å². The van der Waals surface area contributed by atoms with Gasteiger partial charge >= 0.3 is 0 Å². The number of rotatable bonds is 5. The molecule has 160 valence electrons. The van der Waals surface area contributed by atoms with Gasteiger partial charge in [-0.25, -0.2) is 15.0 Å². The molecule has 1 atom stereocenters. The predicted molar refractivity (Wildman–Crippen MR) is 116 cm³/mol. The molecule has 1 saturated carbocycles. The first-order valence-corrected chi connectivity index (χ1v) is 12.2. The van der Waals surface area contributed by atoms with E-state index in [0.29, 0.717) is 23.1 Å². The van der Waals surface area contributed by atoms with E-state index in [4.69, 9.17) is 16.6 Å². The van der Waals surface area contributed by atoms with E-state index in [-0.39, 0.29) is 18.1 Å². The summed E-state index contributed by atoms with van der Waals surface area (Å²) in [5.74, 6) is 3.03. The summed E-state index contributed by atoms with van der Waals surface area (Å²) in [6, 6.07) is 0. The Balaban J connectivity index is 1.38. The van der Waals surface area contributed by atoms with Crippen LogP contribution in [0.15, 0.2) is 17.3 Å². The second-order valence-corrected chi connectivity index (χ2v) is 10.3. The number of halogens is 1. The lowest BCUT2D eigenvalue weighted by atomic mass is 9.77. The standard InChI is InChI=1S/C20H25ClN6O2S/c21-14-10-22-17(23-11-14)13-2-7-27(8-3-13)18-16-15(4-9-30(16)29)24-19(25-18)26-20(12-28)5-1-6-20/h10-11,13,28H,1-9,12H2,(H,24,25,26)/t30-/m1/s1. The first kappa shape index (κ1) is 20.1. The minimum Gasteiger partial charge on any atom is -0.394 e. The van der Waals surface area contributed by atoms with Crippen molar-refractivity contribution in [2.75, 3.05) is 35.7 Å². The van der Waals surface area contributed by atoms with E-state index in [1.807, 2.05) is 0 Å². The van der Waals surface area contributed by atoms with Gasteiger partial charge in [0.05, 0.1) is 33.7 Å². The number of fused-ring (bicyclic) bond motifs is 1. The van der Waals surface area contributed by atoms with Crippen molar-refractivity contribution >= 4 is 34.2 Å². The van der Waals surface area contributed by atoms with Crippen molar-refractivity contribution in [3.05, 3.63) is 28.9 Å². The highest BCUT2D eigenvalue weighted by molar-refractivity contribution is 7.85. The van der Waals surface area contributed by atoms with Crippen molar-refractivity contribution in [2.45, 2.75) is 54.9 Å². The van der Waals surface area contributed by atoms with Crippen LogP contribution in [0, 0.1) is 0 Å². The van der Waals surface area contributed by atoms with Crippen LogP contribution in [0.3, 0.4) is 0 Å². The Morgan fingerprint density at radius 1 is 1.23 bits per heavy atom. The van der Waals surface area contributed by atoms with Crippen LogP contribution in [0.5, 0.6) is 0 Å². The lowest BCUT2D eigenvalue weighted by Gasteiger charge is -2.41. The minimum atomic E-state index is -1.06. The molecule has 3 aliphatic rings. The number of aliphatic hydroxyl groups is 1. The van der Waals surface area contributed by atoms with E-state index in [0.717, 1.165) is 67.4 Å². The molecule has 8 nitrogen and oxygen atoms in total. The number of nitrogens with zero attached hydrogens (tertiary/aromatic N) is 5. The number of aliphatic hydroxyl groups excluding tert-OH is 1. The van der Waals surface area contributed by atoms with Gasteiger partial charge < -0.3 is 15.3 Å². The molecule has 0 radical (unpaired) electrons. The minimum absolute atomic E-state index is 0.0706. The van der Waals surface area contributed by atoms with E-state index in [2.05, 4.69) is 25.2 Å². The van der Waals surface area contributed by atoms with Gasteiger partial charge in [0.1, 0.15) is 10.7 Å². The molecule has 0 amide bonds. The summed E-state index contributed by atoms with van der Waals surface area (Å²) in [5, 5.41) is 13.7. The van der Waals surface area contributed by atoms with Crippen LogP contribution in [0.4, 0.5) is 11.8 Å². The summed E-state index contributed by atoms with van der Waals surface area (Å²) in [5.41, 5.74) is 0.554. The lowest BCUT2D eigenvalue weighted by molar-refractivity contribution is 0.143. The van der Waals surface area contributed by atoms with Gasteiger partial charge in [0.25, 0.3) is 0 Å². The zero-order valence-electron chi connectivity index (χ0n) is 16.7. The number of nitrogens with one attached hydrogen (secondary N) is 1. The number of hydrogen-bond acceptors (Lipinski definition) is 8. The molecule has 10 heteroatoms. The van der Waals surface area contributed by atoms with E-state index < -0.39 is 10.8 Å². The van der Waals surface area contributed by atoms with E-state index in [1.54, 1.807) is 12.4 Å². The summed E-state index contributed by atoms with van der Waals surface area (Å²) >= 11 is 5.91. The maximum Gasteiger partial charge on any atom is 0.225 e. The largest absolute Gasteiger partial charge is 0.394 e. The van der Waals surface area contributed by atoms with Crippen molar-refractivity contribution in [1.29, 1.82) is 0 Å². The molecule has 0 spiro atoms. The number of anilines is 2. The van der Waals surface area contributed by atoms with Gasteiger partial charge in [0, 0.05) is 43.6 Å². The fourth-order valence-corrected chi connectivity index (χ4v) is 5.96. The SMILES string of the molecule is O=[S@@]1CCc2nc(NC3(CO)CCC3)nc(N3CCC(c4ncc(Cl)cn4)CC3)c21. The number of piperidine rings is 1. The van der Waals surface area contributed by atoms with Crippen molar-refractivity contribution in [1.82, 2.24) is 19.9 Å². The third kappa shape index (κ3) is 3.67. The van der Waals surface area contributed by atoms with Gasteiger partial charge in [-0.2, -0.15) is 4.98 Å². The van der Waals surface area contributed by atoms with Crippen LogP contribution in [0.25, 0.3) is 0 Å². The van der Waals surface area contributed by atoms with Gasteiger partial charge in [0.15, 0.2) is 5.82 Å². The average molecular weight is 449 g/mol. The highest BCUT2D eigenvalue weighted by Crippen LogP contribution is 2.38. The highest BCUT2D eigenvalue weighted by Gasteiger charge is 2.38. The zero-order chi connectivity index (χ0) is 20.7. The Labute approximate surface area is 183 Å². The molecule has 2 aromatic heterocycles. The maximum atomic E-state index is 12.7. The van der Waals surface area contributed by atoms with E-state index in [9.17, 15) is 9.32 Å². The molecule has 0 unspecified atom stereocenters. The third-order valence-electron chi connectivity index (χ3n) is 6.46. The molecule has 2 fully saturated rings. The Morgan fingerprint density at radius 3 is 2.60 bits per heavy atom. The normalized spacial score (nSPS) is 23.1. The molecule has 2 N–H and O–H groups in total. The fourth-order valence-electron chi connectivity index (χ4n) is 4.49. The van der Waals surface area contributed by atoms with Gasteiger partial charge in [0.2, 0.25) is 5.95 Å². The Bertz CT molecular complexity index is 955. The van der Waals surface area contributed by atoms with Gasteiger partial charge in [-0.05, 0) is 32.1 Å². The summed E-state index contributed by atoms with van der Waals surface area (Å²) in [4.78, 5) is 21.2. The van der Waals surface area contributed by atoms with Crippen LogP contribution >= 0.6 is 11.6 Å². The third-order valence-corrected chi connectivity index (χ3v) is 8.10. The monoisotopic (exact) mass is 448 g/mol. The summed E-state index contributed by atoms with van der Waals surface area (Å²) in [6.45, 7) is 1.66. The number of aryl methyl sites for hydroxylation is 1. The molecule has 2 aromatic rings. The smallest absolute Gasteiger partial charge is 0.225 e. The van der Waals surface area contributed by atoms with Gasteiger partial charge in [-0.3, -0.25) is 4.21 Å². The lowest BCUT2D eigenvalue weighted by Crippen LogP contribution is -2.49. The molecule has 1 aliphatic carbocycles. The van der Waals surface area contributed by atoms with Crippen molar-refractivity contribution in [3.8, 4) is 0 Å². The topological polar surface area (TPSA) is 104 Å². The van der Waals surface area contributed by atoms with Crippen LogP contribution in [-0.2, 0) is 17.2 Å². The van der Waals surface area contributed by atoms with E-state index in [1.165, 1.54) is 0 Å². The molecule has 0 aromatic carbocycles. The summed E-state index contributed by atoms with van der Waals surface area (Å²) in [6.07, 6.45) is 8.71. The second-order valence-electron chi connectivity index (χ2n) is 8.38. The Morgan fingerprint density at radius 2 is 1.97 bits per heavy atom. The van der Waals surface area contributed by atoms with Gasteiger partial charge in [-0.15, -0.1) is 0 Å². The average Bonchev–Trinajstić information content (AvgIpc) is 3.12. The fraction of sp³-hybridized carbons (Fsp3) is 0.600. The molecule has 0 bridgehead atoms. The first-order chi connectivity index (χ1) is 14.6. The molecule has 1 saturated heterocycles. The molecule has 30 heavy (non-hydrogen) atoms. The van der Waals surface area contributed by atoms with Crippen LogP contribution < -0.4 is 10.2 Å². The highest BCUT2D eigenvalue weighted by atomic mass is 35.5. The van der Waals surface area contributed by atoms with Crippen molar-refractivity contribution in [2.24, 2.45) is 0 Å². The molecular weight excluding hydrogens is 424 g/mol. The number of aromatic nitrogens is 4. The van der Waals surface area contributed by atoms with Crippen LogP contribution in [0.1, 0.15) is 49.5 Å². The summed E-state index contributed by atoms with van der Waals surface area (Å²) < 4.78 is 12.7. The molecule has 5 rings (SSSR count). The Kier molecular flexibility index (Phi) is 5.37. The van der Waals surface area contributed by atoms with Crippen LogP contribution in [-0.4, -0.2) is 60.2 Å². The second kappa shape index (κ2) is 8.01. The summed E-state index contributed by atoms with van der Waals surface area (Å²) in [7, 11) is -1.06. The van der Waals surface area contributed by atoms with Crippen LogP contribution in [0.2, 0.25) is 5.02 Å².